The molecule has 1 aromatic heterocycles. The van der Waals surface area contributed by atoms with Crippen molar-refractivity contribution in [1.29, 1.82) is 0 Å². The first-order valence-corrected chi connectivity index (χ1v) is 9.13. The van der Waals surface area contributed by atoms with Crippen LogP contribution < -0.4 is 5.32 Å². The van der Waals surface area contributed by atoms with Crippen LogP contribution in [0.15, 0.2) is 24.3 Å². The van der Waals surface area contributed by atoms with Gasteiger partial charge in [0.1, 0.15) is 5.82 Å². The second-order valence-electron chi connectivity index (χ2n) is 6.73. The lowest BCUT2D eigenvalue weighted by atomic mass is 9.96. The van der Waals surface area contributed by atoms with Crippen molar-refractivity contribution in [3.8, 4) is 0 Å². The van der Waals surface area contributed by atoms with Gasteiger partial charge in [-0.15, -0.1) is 0 Å². The third-order valence-electron chi connectivity index (χ3n) is 5.15. The Morgan fingerprint density at radius 3 is 2.96 bits per heavy atom. The summed E-state index contributed by atoms with van der Waals surface area (Å²) in [5.41, 5.74) is 2.16. The number of benzene rings is 1. The number of fused-ring (bicyclic) bond motifs is 1. The predicted molar refractivity (Wildman–Crippen MR) is 98.7 cm³/mol. The average Bonchev–Trinajstić information content (AvgIpc) is 2.99. The number of carbonyl (C=O) groups is 1. The van der Waals surface area contributed by atoms with Crippen molar-refractivity contribution in [3.05, 3.63) is 30.1 Å². The summed E-state index contributed by atoms with van der Waals surface area (Å²) in [6, 6.07) is 8.15. The minimum Gasteiger partial charge on any atom is -0.379 e. The maximum absolute atomic E-state index is 12.4. The van der Waals surface area contributed by atoms with Gasteiger partial charge in [-0.3, -0.25) is 0 Å². The van der Waals surface area contributed by atoms with Crippen LogP contribution in [0.5, 0.6) is 0 Å². The number of hydrogen-bond acceptors (Lipinski definition) is 3. The minimum absolute atomic E-state index is 0.00638. The van der Waals surface area contributed by atoms with Gasteiger partial charge in [-0.05, 0) is 31.4 Å². The SMILES string of the molecule is CCn1c(CCNC(=O)N2CCC(C)C(OC)C2)nc2ccccc21. The van der Waals surface area contributed by atoms with Gasteiger partial charge in [-0.2, -0.15) is 0 Å². The van der Waals surface area contributed by atoms with Crippen LogP contribution in [-0.2, 0) is 17.7 Å². The van der Waals surface area contributed by atoms with Crippen LogP contribution in [0.4, 0.5) is 4.79 Å². The lowest BCUT2D eigenvalue weighted by molar-refractivity contribution is 0.00721. The zero-order valence-electron chi connectivity index (χ0n) is 15.4. The van der Waals surface area contributed by atoms with E-state index in [2.05, 4.69) is 29.8 Å². The fraction of sp³-hybridized carbons (Fsp3) is 0.579. The van der Waals surface area contributed by atoms with Crippen LogP contribution in [0.1, 0.15) is 26.1 Å². The number of urea groups is 1. The molecule has 2 unspecified atom stereocenters. The van der Waals surface area contributed by atoms with E-state index in [9.17, 15) is 4.79 Å². The van der Waals surface area contributed by atoms with Crippen molar-refractivity contribution in [1.82, 2.24) is 19.8 Å². The third kappa shape index (κ3) is 3.79. The maximum atomic E-state index is 12.4. The second kappa shape index (κ2) is 7.87. The van der Waals surface area contributed by atoms with Crippen molar-refractivity contribution >= 4 is 17.1 Å². The van der Waals surface area contributed by atoms with Gasteiger partial charge in [0.2, 0.25) is 0 Å². The number of ether oxygens (including phenoxy) is 1. The first-order valence-electron chi connectivity index (χ1n) is 9.13. The fourth-order valence-corrected chi connectivity index (χ4v) is 3.59. The van der Waals surface area contributed by atoms with Gasteiger partial charge >= 0.3 is 6.03 Å². The number of methoxy groups -OCH3 is 1. The Balaban J connectivity index is 1.57. The van der Waals surface area contributed by atoms with Gasteiger partial charge < -0.3 is 19.5 Å². The number of aromatic nitrogens is 2. The van der Waals surface area contributed by atoms with Crippen LogP contribution in [-0.4, -0.2) is 53.3 Å². The largest absolute Gasteiger partial charge is 0.379 e. The monoisotopic (exact) mass is 344 g/mol. The Bertz CT molecular complexity index is 727. The molecule has 0 aliphatic carbocycles. The van der Waals surface area contributed by atoms with Crippen molar-refractivity contribution in [2.24, 2.45) is 5.92 Å². The van der Waals surface area contributed by atoms with Gasteiger partial charge in [0.05, 0.1) is 17.1 Å². The van der Waals surface area contributed by atoms with Crippen LogP contribution >= 0.6 is 0 Å². The average molecular weight is 344 g/mol. The topological polar surface area (TPSA) is 59.4 Å². The van der Waals surface area contributed by atoms with E-state index in [-0.39, 0.29) is 12.1 Å². The third-order valence-corrected chi connectivity index (χ3v) is 5.15. The summed E-state index contributed by atoms with van der Waals surface area (Å²) in [5.74, 6) is 1.52. The normalized spacial score (nSPS) is 20.8. The van der Waals surface area contributed by atoms with Crippen LogP contribution in [0.3, 0.4) is 0 Å². The summed E-state index contributed by atoms with van der Waals surface area (Å²) in [6.45, 7) is 7.22. The molecule has 2 heterocycles. The molecule has 0 radical (unpaired) electrons. The molecule has 136 valence electrons. The zero-order chi connectivity index (χ0) is 17.8. The summed E-state index contributed by atoms with van der Waals surface area (Å²) in [6.07, 6.45) is 1.84. The van der Waals surface area contributed by atoms with Crippen molar-refractivity contribution < 1.29 is 9.53 Å². The number of aryl methyl sites for hydroxylation is 1. The van der Waals surface area contributed by atoms with E-state index < -0.39 is 0 Å². The molecule has 2 amide bonds. The molecular formula is C19H28N4O2. The molecule has 2 atom stereocenters. The maximum Gasteiger partial charge on any atom is 0.317 e. The van der Waals surface area contributed by atoms with E-state index in [4.69, 9.17) is 9.72 Å². The van der Waals surface area contributed by atoms with Crippen molar-refractivity contribution in [3.63, 3.8) is 0 Å². The highest BCUT2D eigenvalue weighted by Gasteiger charge is 2.28. The number of likely N-dealkylation sites (tertiary alicyclic amines) is 1. The Morgan fingerprint density at radius 1 is 1.40 bits per heavy atom. The molecule has 2 aromatic rings. The number of piperidine rings is 1. The van der Waals surface area contributed by atoms with E-state index >= 15 is 0 Å². The summed E-state index contributed by atoms with van der Waals surface area (Å²) >= 11 is 0. The number of nitrogens with zero attached hydrogens (tertiary/aromatic N) is 3. The number of imidazole rings is 1. The van der Waals surface area contributed by atoms with E-state index in [1.54, 1.807) is 7.11 Å². The number of amides is 2. The first-order chi connectivity index (χ1) is 12.1. The molecular weight excluding hydrogens is 316 g/mol. The first kappa shape index (κ1) is 17.7. The Hall–Kier alpha value is -2.08. The Morgan fingerprint density at radius 2 is 2.20 bits per heavy atom. The number of rotatable bonds is 5. The molecule has 0 bridgehead atoms. The summed E-state index contributed by atoms with van der Waals surface area (Å²) in [5, 5.41) is 3.03. The second-order valence-corrected chi connectivity index (χ2v) is 6.73. The molecule has 6 heteroatoms. The van der Waals surface area contributed by atoms with Gasteiger partial charge in [-0.25, -0.2) is 9.78 Å². The van der Waals surface area contributed by atoms with E-state index in [1.165, 1.54) is 0 Å². The summed E-state index contributed by atoms with van der Waals surface area (Å²) < 4.78 is 7.70. The van der Waals surface area contributed by atoms with Crippen LogP contribution in [0.25, 0.3) is 11.0 Å². The predicted octanol–water partition coefficient (Wildman–Crippen LogP) is 2.67. The number of para-hydroxylation sites is 2. The molecule has 1 aliphatic rings. The van der Waals surface area contributed by atoms with Gasteiger partial charge in [-0.1, -0.05) is 19.1 Å². The lowest BCUT2D eigenvalue weighted by Gasteiger charge is -2.36. The quantitative estimate of drug-likeness (QED) is 0.907. The van der Waals surface area contributed by atoms with Crippen LogP contribution in [0.2, 0.25) is 0 Å². The van der Waals surface area contributed by atoms with Crippen molar-refractivity contribution in [2.75, 3.05) is 26.7 Å². The van der Waals surface area contributed by atoms with Gasteiger partial charge in [0.15, 0.2) is 0 Å². The van der Waals surface area contributed by atoms with E-state index in [0.29, 0.717) is 19.0 Å². The summed E-state index contributed by atoms with van der Waals surface area (Å²) in [7, 11) is 1.72. The zero-order valence-corrected chi connectivity index (χ0v) is 15.4. The molecule has 6 nitrogen and oxygen atoms in total. The molecule has 0 saturated carbocycles. The smallest absolute Gasteiger partial charge is 0.317 e. The number of hydrogen-bond donors (Lipinski definition) is 1. The molecule has 1 aromatic carbocycles. The molecule has 25 heavy (non-hydrogen) atoms. The molecule has 0 spiro atoms. The standard InChI is InChI=1S/C19H28N4O2/c1-4-23-16-8-6-5-7-15(16)21-18(23)9-11-20-19(24)22-12-10-14(2)17(13-22)25-3/h5-8,14,17H,4,9-13H2,1-3H3,(H,20,24). The van der Waals surface area contributed by atoms with Gasteiger partial charge in [0.25, 0.3) is 0 Å². The van der Waals surface area contributed by atoms with E-state index in [1.807, 2.05) is 23.1 Å². The fourth-order valence-electron chi connectivity index (χ4n) is 3.59. The number of nitrogens with one attached hydrogen (secondary N) is 1. The Kier molecular flexibility index (Phi) is 5.58. The van der Waals surface area contributed by atoms with Crippen LogP contribution in [0, 0.1) is 5.92 Å². The molecule has 1 N–H and O–H groups in total. The highest BCUT2D eigenvalue weighted by atomic mass is 16.5. The Labute approximate surface area is 149 Å². The van der Waals surface area contributed by atoms with Gasteiger partial charge in [0, 0.05) is 39.7 Å². The molecule has 1 saturated heterocycles. The number of carbonyl (C=O) groups excluding carboxylic acids is 1. The molecule has 1 fully saturated rings. The molecule has 1 aliphatic heterocycles. The lowest BCUT2D eigenvalue weighted by Crippen LogP contribution is -2.50. The van der Waals surface area contributed by atoms with E-state index in [0.717, 1.165) is 42.8 Å². The molecule has 3 rings (SSSR count). The highest BCUT2D eigenvalue weighted by molar-refractivity contribution is 5.76. The van der Waals surface area contributed by atoms with Crippen molar-refractivity contribution in [2.45, 2.75) is 39.3 Å². The summed E-state index contributed by atoms with van der Waals surface area (Å²) in [4.78, 5) is 19.0. The highest BCUT2D eigenvalue weighted by Crippen LogP contribution is 2.19. The minimum atomic E-state index is -0.00638.